The van der Waals surface area contributed by atoms with Gasteiger partial charge in [-0.1, -0.05) is 18.2 Å². The summed E-state index contributed by atoms with van der Waals surface area (Å²) in [6, 6.07) is 9.66. The van der Waals surface area contributed by atoms with Gasteiger partial charge in [-0.3, -0.25) is 9.69 Å². The molecular formula is C17H19N5O. The van der Waals surface area contributed by atoms with Gasteiger partial charge in [0.25, 0.3) is 5.91 Å². The van der Waals surface area contributed by atoms with Crippen LogP contribution in [0.15, 0.2) is 42.7 Å². The average Bonchev–Trinajstić information content (AvgIpc) is 2.98. The van der Waals surface area contributed by atoms with Gasteiger partial charge in [-0.2, -0.15) is 0 Å². The summed E-state index contributed by atoms with van der Waals surface area (Å²) in [5.74, 6) is 0.612. The fraction of sp³-hybridized carbons (Fsp3) is 0.353. The molecule has 0 spiro atoms. The van der Waals surface area contributed by atoms with Crippen molar-refractivity contribution in [1.82, 2.24) is 14.9 Å². The first kappa shape index (κ1) is 14.1. The SMILES string of the molecule is O=C(Nc1cnc(N2CCN3CCC2C3)nc1)c1ccccc1. The first-order valence-electron chi connectivity index (χ1n) is 7.97. The van der Waals surface area contributed by atoms with Crippen LogP contribution in [0.4, 0.5) is 11.6 Å². The molecule has 2 aliphatic rings. The van der Waals surface area contributed by atoms with Crippen LogP contribution in [-0.2, 0) is 0 Å². The molecule has 2 unspecified atom stereocenters. The van der Waals surface area contributed by atoms with Crippen molar-refractivity contribution < 1.29 is 4.79 Å². The molecule has 6 heteroatoms. The zero-order valence-corrected chi connectivity index (χ0v) is 12.9. The Hall–Kier alpha value is -2.47. The summed E-state index contributed by atoms with van der Waals surface area (Å²) >= 11 is 0. The van der Waals surface area contributed by atoms with Crippen LogP contribution in [0.3, 0.4) is 0 Å². The monoisotopic (exact) mass is 309 g/mol. The zero-order valence-electron chi connectivity index (χ0n) is 12.9. The fourth-order valence-corrected chi connectivity index (χ4v) is 3.29. The predicted octanol–water partition coefficient (Wildman–Crippen LogP) is 1.62. The highest BCUT2D eigenvalue weighted by molar-refractivity contribution is 6.04. The van der Waals surface area contributed by atoms with E-state index in [-0.39, 0.29) is 5.91 Å². The molecule has 0 radical (unpaired) electrons. The molecule has 0 saturated carbocycles. The van der Waals surface area contributed by atoms with E-state index in [1.54, 1.807) is 24.5 Å². The number of nitrogens with zero attached hydrogens (tertiary/aromatic N) is 4. The zero-order chi connectivity index (χ0) is 15.6. The standard InChI is InChI=1S/C17H19N5O/c23-16(13-4-2-1-3-5-13)20-14-10-18-17(19-11-14)22-9-8-21-7-6-15(22)12-21/h1-5,10-11,15H,6-9,12H2,(H,20,23). The molecule has 6 nitrogen and oxygen atoms in total. The van der Waals surface area contributed by atoms with Crippen molar-refractivity contribution in [2.24, 2.45) is 0 Å². The van der Waals surface area contributed by atoms with Crippen LogP contribution in [0.1, 0.15) is 16.8 Å². The molecule has 1 aromatic carbocycles. The van der Waals surface area contributed by atoms with Gasteiger partial charge in [0.15, 0.2) is 0 Å². The van der Waals surface area contributed by atoms with Gasteiger partial charge in [0.1, 0.15) is 0 Å². The molecule has 2 atom stereocenters. The summed E-state index contributed by atoms with van der Waals surface area (Å²) in [6.07, 6.45) is 4.55. The molecule has 2 bridgehead atoms. The van der Waals surface area contributed by atoms with Crippen LogP contribution in [0.25, 0.3) is 0 Å². The van der Waals surface area contributed by atoms with Gasteiger partial charge in [-0.05, 0) is 18.6 Å². The first-order chi connectivity index (χ1) is 11.3. The number of nitrogens with one attached hydrogen (secondary N) is 1. The number of benzene rings is 1. The van der Waals surface area contributed by atoms with E-state index in [1.165, 1.54) is 13.0 Å². The number of fused-ring (bicyclic) bond motifs is 2. The first-order valence-corrected chi connectivity index (χ1v) is 7.97. The van der Waals surface area contributed by atoms with Crippen LogP contribution in [-0.4, -0.2) is 53.0 Å². The molecule has 1 N–H and O–H groups in total. The number of anilines is 2. The minimum absolute atomic E-state index is 0.147. The number of hydrogen-bond acceptors (Lipinski definition) is 5. The second-order valence-corrected chi connectivity index (χ2v) is 6.03. The summed E-state index contributed by atoms with van der Waals surface area (Å²) < 4.78 is 0. The second kappa shape index (κ2) is 5.96. The molecule has 1 amide bonds. The van der Waals surface area contributed by atoms with Gasteiger partial charge in [-0.25, -0.2) is 9.97 Å². The maximum absolute atomic E-state index is 12.1. The van der Waals surface area contributed by atoms with Gasteiger partial charge in [0.05, 0.1) is 18.1 Å². The van der Waals surface area contributed by atoms with Crippen LogP contribution < -0.4 is 10.2 Å². The van der Waals surface area contributed by atoms with Gasteiger partial charge in [0.2, 0.25) is 5.95 Å². The Labute approximate surface area is 135 Å². The number of hydrogen-bond donors (Lipinski definition) is 1. The Kier molecular flexibility index (Phi) is 3.67. The van der Waals surface area contributed by atoms with Crippen LogP contribution in [0.2, 0.25) is 0 Å². The summed E-state index contributed by atoms with van der Waals surface area (Å²) in [5, 5.41) is 2.83. The predicted molar refractivity (Wildman–Crippen MR) is 88.6 cm³/mol. The van der Waals surface area contributed by atoms with E-state index in [2.05, 4.69) is 25.1 Å². The summed E-state index contributed by atoms with van der Waals surface area (Å²) in [6.45, 7) is 4.33. The molecule has 3 heterocycles. The summed E-state index contributed by atoms with van der Waals surface area (Å²) in [7, 11) is 0. The van der Waals surface area contributed by atoms with E-state index >= 15 is 0 Å². The van der Waals surface area contributed by atoms with Crippen molar-refractivity contribution in [3.05, 3.63) is 48.3 Å². The van der Waals surface area contributed by atoms with Crippen LogP contribution >= 0.6 is 0 Å². The Morgan fingerprint density at radius 1 is 1.09 bits per heavy atom. The number of rotatable bonds is 3. The maximum atomic E-state index is 12.1. The highest BCUT2D eigenvalue weighted by atomic mass is 16.1. The minimum Gasteiger partial charge on any atom is -0.335 e. The van der Waals surface area contributed by atoms with Crippen LogP contribution in [0, 0.1) is 0 Å². The minimum atomic E-state index is -0.147. The molecular weight excluding hydrogens is 290 g/mol. The lowest BCUT2D eigenvalue weighted by atomic mass is 10.2. The Balaban J connectivity index is 1.45. The third-order valence-corrected chi connectivity index (χ3v) is 4.53. The lowest BCUT2D eigenvalue weighted by molar-refractivity contribution is 0.102. The molecule has 23 heavy (non-hydrogen) atoms. The summed E-state index contributed by atoms with van der Waals surface area (Å²) in [5.41, 5.74) is 1.24. The van der Waals surface area contributed by atoms with Crippen LogP contribution in [0.5, 0.6) is 0 Å². The van der Waals surface area contributed by atoms with Gasteiger partial charge >= 0.3 is 0 Å². The number of aromatic nitrogens is 2. The second-order valence-electron chi connectivity index (χ2n) is 6.03. The van der Waals surface area contributed by atoms with Crippen molar-refractivity contribution >= 4 is 17.5 Å². The third kappa shape index (κ3) is 2.90. The molecule has 2 fully saturated rings. The third-order valence-electron chi connectivity index (χ3n) is 4.53. The molecule has 0 aliphatic carbocycles. The van der Waals surface area contributed by atoms with Gasteiger partial charge < -0.3 is 10.2 Å². The molecule has 118 valence electrons. The number of carbonyl (C=O) groups is 1. The van der Waals surface area contributed by atoms with Crippen molar-refractivity contribution in [1.29, 1.82) is 0 Å². The van der Waals surface area contributed by atoms with E-state index < -0.39 is 0 Å². The molecule has 2 aliphatic heterocycles. The lowest BCUT2D eigenvalue weighted by Crippen LogP contribution is -2.47. The van der Waals surface area contributed by atoms with E-state index in [9.17, 15) is 4.79 Å². The lowest BCUT2D eigenvalue weighted by Gasteiger charge is -2.34. The van der Waals surface area contributed by atoms with Crippen molar-refractivity contribution in [3.8, 4) is 0 Å². The highest BCUT2D eigenvalue weighted by Gasteiger charge is 2.33. The van der Waals surface area contributed by atoms with E-state index in [1.807, 2.05) is 18.2 Å². The largest absolute Gasteiger partial charge is 0.335 e. The normalized spacial score (nSPS) is 22.9. The summed E-state index contributed by atoms with van der Waals surface area (Å²) in [4.78, 5) is 25.8. The fourth-order valence-electron chi connectivity index (χ4n) is 3.29. The average molecular weight is 309 g/mol. The van der Waals surface area contributed by atoms with Gasteiger partial charge in [-0.15, -0.1) is 0 Å². The van der Waals surface area contributed by atoms with Crippen molar-refractivity contribution in [2.45, 2.75) is 12.5 Å². The Morgan fingerprint density at radius 3 is 2.65 bits per heavy atom. The number of piperazine rings is 1. The van der Waals surface area contributed by atoms with E-state index in [4.69, 9.17) is 0 Å². The quantitative estimate of drug-likeness (QED) is 0.933. The van der Waals surface area contributed by atoms with Gasteiger partial charge in [0, 0.05) is 37.8 Å². The Bertz CT molecular complexity index is 688. The molecule has 1 aromatic heterocycles. The topological polar surface area (TPSA) is 61.4 Å². The molecule has 2 aromatic rings. The Morgan fingerprint density at radius 2 is 1.87 bits per heavy atom. The highest BCUT2D eigenvalue weighted by Crippen LogP contribution is 2.24. The number of carbonyl (C=O) groups excluding carboxylic acids is 1. The van der Waals surface area contributed by atoms with Crippen molar-refractivity contribution in [3.63, 3.8) is 0 Å². The smallest absolute Gasteiger partial charge is 0.255 e. The maximum Gasteiger partial charge on any atom is 0.255 e. The number of amides is 1. The van der Waals surface area contributed by atoms with E-state index in [0.29, 0.717) is 17.3 Å². The molecule has 2 saturated heterocycles. The van der Waals surface area contributed by atoms with E-state index in [0.717, 1.165) is 25.6 Å². The molecule has 4 rings (SSSR count). The van der Waals surface area contributed by atoms with Crippen molar-refractivity contribution in [2.75, 3.05) is 36.4 Å².